The van der Waals surface area contributed by atoms with Crippen LogP contribution in [-0.4, -0.2) is 28.8 Å². The maximum Gasteiger partial charge on any atom is 0.285 e. The number of hydrogen-bond donors (Lipinski definition) is 0. The number of nitrogens with zero attached hydrogens (tertiary/aromatic N) is 2. The molecule has 3 nitrogen and oxygen atoms in total. The van der Waals surface area contributed by atoms with E-state index in [0.717, 1.165) is 11.3 Å². The molecule has 0 aliphatic heterocycles. The second kappa shape index (κ2) is 6.66. The Morgan fingerprint density at radius 2 is 1.80 bits per heavy atom. The van der Waals surface area contributed by atoms with E-state index >= 15 is 0 Å². The van der Waals surface area contributed by atoms with E-state index in [9.17, 15) is 4.79 Å². The quantitative estimate of drug-likeness (QED) is 0.793. The van der Waals surface area contributed by atoms with Crippen LogP contribution in [0.2, 0.25) is 0 Å². The van der Waals surface area contributed by atoms with Gasteiger partial charge in [-0.05, 0) is 54.9 Å². The molecule has 2 rings (SSSR count). The highest BCUT2D eigenvalue weighted by molar-refractivity contribution is 8.13. The van der Waals surface area contributed by atoms with Crippen molar-refractivity contribution >= 4 is 17.0 Å². The van der Waals surface area contributed by atoms with Crippen molar-refractivity contribution in [1.82, 2.24) is 9.47 Å². The number of carbonyl (C=O) groups is 1. The maximum atomic E-state index is 11.6. The molecule has 1 aromatic carbocycles. The summed E-state index contributed by atoms with van der Waals surface area (Å²) < 4.78 is 2.21. The fourth-order valence-corrected chi connectivity index (χ4v) is 2.63. The van der Waals surface area contributed by atoms with Gasteiger partial charge in [-0.3, -0.25) is 4.79 Å². The summed E-state index contributed by atoms with van der Waals surface area (Å²) in [5.41, 5.74) is 1.29. The highest BCUT2D eigenvalue weighted by Crippen LogP contribution is 2.22. The van der Waals surface area contributed by atoms with Gasteiger partial charge in [-0.2, -0.15) is 0 Å². The smallest absolute Gasteiger partial charge is 0.285 e. The lowest BCUT2D eigenvalue weighted by molar-refractivity contribution is 0.241. The SMILES string of the molecule is CC(Cc1ccc(SC(=O)N(C)C)cc1)n1cccc1. The first kappa shape index (κ1) is 14.7. The van der Waals surface area contributed by atoms with Gasteiger partial charge in [0.1, 0.15) is 0 Å². The third-order valence-corrected chi connectivity index (χ3v) is 4.21. The first-order valence-corrected chi connectivity index (χ1v) is 7.48. The summed E-state index contributed by atoms with van der Waals surface area (Å²) in [7, 11) is 3.53. The van der Waals surface area contributed by atoms with Crippen LogP contribution in [0.4, 0.5) is 4.79 Å². The number of carbonyl (C=O) groups excluding carboxylic acids is 1. The van der Waals surface area contributed by atoms with Crippen LogP contribution in [0.5, 0.6) is 0 Å². The van der Waals surface area contributed by atoms with Crippen molar-refractivity contribution in [2.45, 2.75) is 24.3 Å². The van der Waals surface area contributed by atoms with Crippen LogP contribution in [0.1, 0.15) is 18.5 Å². The Morgan fingerprint density at radius 1 is 1.20 bits per heavy atom. The zero-order chi connectivity index (χ0) is 14.5. The van der Waals surface area contributed by atoms with Crippen molar-refractivity contribution in [2.75, 3.05) is 14.1 Å². The Kier molecular flexibility index (Phi) is 4.90. The lowest BCUT2D eigenvalue weighted by Crippen LogP contribution is -2.15. The van der Waals surface area contributed by atoms with Crippen LogP contribution in [0.15, 0.2) is 53.7 Å². The molecule has 20 heavy (non-hydrogen) atoms. The van der Waals surface area contributed by atoms with E-state index < -0.39 is 0 Å². The second-order valence-corrected chi connectivity index (χ2v) is 6.11. The molecular weight excluding hydrogens is 268 g/mol. The minimum Gasteiger partial charge on any atom is -0.351 e. The van der Waals surface area contributed by atoms with Gasteiger partial charge in [-0.1, -0.05) is 12.1 Å². The third-order valence-electron chi connectivity index (χ3n) is 3.16. The average molecular weight is 288 g/mol. The minimum atomic E-state index is 0.0541. The highest BCUT2D eigenvalue weighted by atomic mass is 32.2. The molecule has 1 unspecified atom stereocenters. The fraction of sp³-hybridized carbons (Fsp3) is 0.312. The first-order valence-electron chi connectivity index (χ1n) is 6.67. The number of thioether (sulfide) groups is 1. The Hall–Kier alpha value is -1.68. The number of amides is 1. The molecule has 106 valence electrons. The van der Waals surface area contributed by atoms with Crippen molar-refractivity contribution in [2.24, 2.45) is 0 Å². The largest absolute Gasteiger partial charge is 0.351 e. The molecule has 0 N–H and O–H groups in total. The summed E-state index contributed by atoms with van der Waals surface area (Å²) >= 11 is 1.26. The number of benzene rings is 1. The van der Waals surface area contributed by atoms with Gasteiger partial charge >= 0.3 is 0 Å². The highest BCUT2D eigenvalue weighted by Gasteiger charge is 2.08. The Balaban J connectivity index is 1.96. The molecule has 1 aromatic heterocycles. The molecule has 0 bridgehead atoms. The molecule has 2 aromatic rings. The summed E-state index contributed by atoms with van der Waals surface area (Å²) in [5, 5.41) is 0.0541. The molecule has 0 aliphatic carbocycles. The van der Waals surface area contributed by atoms with E-state index in [1.807, 2.05) is 24.3 Å². The normalized spacial score (nSPS) is 12.2. The van der Waals surface area contributed by atoms with Gasteiger partial charge in [0.15, 0.2) is 0 Å². The molecule has 4 heteroatoms. The lowest BCUT2D eigenvalue weighted by atomic mass is 10.1. The van der Waals surface area contributed by atoms with Gasteiger partial charge in [0.05, 0.1) is 0 Å². The van der Waals surface area contributed by atoms with Crippen molar-refractivity contribution in [3.05, 3.63) is 54.4 Å². The molecule has 0 spiro atoms. The van der Waals surface area contributed by atoms with E-state index in [2.05, 4.69) is 36.0 Å². The summed E-state index contributed by atoms with van der Waals surface area (Å²) in [5.74, 6) is 0. The summed E-state index contributed by atoms with van der Waals surface area (Å²) in [6.45, 7) is 2.21. The van der Waals surface area contributed by atoms with Gasteiger partial charge in [-0.25, -0.2) is 0 Å². The van der Waals surface area contributed by atoms with Crippen LogP contribution in [0, 0.1) is 0 Å². The van der Waals surface area contributed by atoms with Crippen molar-refractivity contribution < 1.29 is 4.79 Å². The second-order valence-electron chi connectivity index (χ2n) is 5.09. The molecule has 0 radical (unpaired) electrons. The van der Waals surface area contributed by atoms with E-state index in [1.165, 1.54) is 17.3 Å². The molecule has 0 fully saturated rings. The summed E-state index contributed by atoms with van der Waals surface area (Å²) in [6.07, 6.45) is 5.16. The third kappa shape index (κ3) is 3.90. The van der Waals surface area contributed by atoms with E-state index in [-0.39, 0.29) is 5.24 Å². The Bertz CT molecular complexity index is 546. The molecule has 1 atom stereocenters. The van der Waals surface area contributed by atoms with E-state index in [0.29, 0.717) is 6.04 Å². The maximum absolute atomic E-state index is 11.6. The van der Waals surface area contributed by atoms with Gasteiger partial charge in [-0.15, -0.1) is 0 Å². The topological polar surface area (TPSA) is 25.2 Å². The van der Waals surface area contributed by atoms with Crippen LogP contribution in [-0.2, 0) is 6.42 Å². The molecule has 1 amide bonds. The predicted octanol–water partition coefficient (Wildman–Crippen LogP) is 4.07. The summed E-state index contributed by atoms with van der Waals surface area (Å²) in [6, 6.07) is 12.8. The Morgan fingerprint density at radius 3 is 2.35 bits per heavy atom. The van der Waals surface area contributed by atoms with Gasteiger partial charge < -0.3 is 9.47 Å². The van der Waals surface area contributed by atoms with Gasteiger partial charge in [0.25, 0.3) is 5.24 Å². The molecule has 0 saturated carbocycles. The summed E-state index contributed by atoms with van der Waals surface area (Å²) in [4.78, 5) is 14.2. The molecule has 1 heterocycles. The first-order chi connectivity index (χ1) is 9.56. The molecule has 0 saturated heterocycles. The number of rotatable bonds is 4. The van der Waals surface area contributed by atoms with Gasteiger partial charge in [0.2, 0.25) is 0 Å². The molecular formula is C16H20N2OS. The van der Waals surface area contributed by atoms with Crippen molar-refractivity contribution in [3.8, 4) is 0 Å². The Labute approximate surface area is 124 Å². The zero-order valence-corrected chi connectivity index (χ0v) is 12.9. The predicted molar refractivity (Wildman–Crippen MR) is 84.2 cm³/mol. The van der Waals surface area contributed by atoms with E-state index in [4.69, 9.17) is 0 Å². The fourth-order valence-electron chi connectivity index (χ4n) is 1.97. The molecule has 0 aliphatic rings. The van der Waals surface area contributed by atoms with Crippen LogP contribution in [0.3, 0.4) is 0 Å². The zero-order valence-electron chi connectivity index (χ0n) is 12.1. The minimum absolute atomic E-state index is 0.0541. The van der Waals surface area contributed by atoms with Crippen LogP contribution in [0.25, 0.3) is 0 Å². The van der Waals surface area contributed by atoms with Crippen molar-refractivity contribution in [1.29, 1.82) is 0 Å². The van der Waals surface area contributed by atoms with E-state index in [1.54, 1.807) is 19.0 Å². The lowest BCUT2D eigenvalue weighted by Gasteiger charge is -2.14. The standard InChI is InChI=1S/C16H20N2OS/c1-13(18-10-4-5-11-18)12-14-6-8-15(9-7-14)20-16(19)17(2)3/h4-11,13H,12H2,1-3H3. The monoisotopic (exact) mass is 288 g/mol. The van der Waals surface area contributed by atoms with Crippen LogP contribution < -0.4 is 0 Å². The number of hydrogen-bond acceptors (Lipinski definition) is 2. The van der Waals surface area contributed by atoms with Crippen LogP contribution >= 0.6 is 11.8 Å². The average Bonchev–Trinajstić information content (AvgIpc) is 2.95. The van der Waals surface area contributed by atoms with Gasteiger partial charge in [0, 0.05) is 37.4 Å². The number of aromatic nitrogens is 1. The van der Waals surface area contributed by atoms with Crippen molar-refractivity contribution in [3.63, 3.8) is 0 Å².